The third-order valence-corrected chi connectivity index (χ3v) is 6.07. The number of hydrogen-bond donors (Lipinski definition) is 1. The number of aryl methyl sites for hydroxylation is 2. The van der Waals surface area contributed by atoms with E-state index in [4.69, 9.17) is 0 Å². The number of fused-ring (bicyclic) bond motifs is 2. The Morgan fingerprint density at radius 3 is 2.48 bits per heavy atom. The second-order valence-electron chi connectivity index (χ2n) is 8.29. The van der Waals surface area contributed by atoms with Gasteiger partial charge in [-0.25, -0.2) is 9.18 Å². The van der Waals surface area contributed by atoms with Crippen molar-refractivity contribution >= 4 is 22.5 Å². The molecule has 0 spiro atoms. The predicted molar refractivity (Wildman–Crippen MR) is 125 cm³/mol. The van der Waals surface area contributed by atoms with Crippen molar-refractivity contribution in [2.45, 2.75) is 32.4 Å². The smallest absolute Gasteiger partial charge is 0.325 e. The Balaban J connectivity index is 1.50. The predicted octanol–water partition coefficient (Wildman–Crippen LogP) is 3.48. The van der Waals surface area contributed by atoms with Crippen molar-refractivity contribution in [3.8, 4) is 0 Å². The monoisotopic (exact) mass is 443 g/mol. The standard InChI is InChI=1S/C26H22FN3O3/c27-20-11-8-17(9-12-20)15-30-25(32)22-6-1-2-7-23(22)29(26(30)33)16-24(31)28-21-13-10-18-4-3-5-19(18)14-21/h1-2,6-14H,3-5,15-16H2,(H,28,31). The van der Waals surface area contributed by atoms with Crippen LogP contribution in [-0.4, -0.2) is 15.0 Å². The molecule has 3 aromatic carbocycles. The minimum atomic E-state index is -0.591. The van der Waals surface area contributed by atoms with E-state index in [0.29, 0.717) is 22.2 Å². The molecule has 0 radical (unpaired) electrons. The highest BCUT2D eigenvalue weighted by molar-refractivity contribution is 5.91. The van der Waals surface area contributed by atoms with E-state index in [1.807, 2.05) is 18.2 Å². The lowest BCUT2D eigenvalue weighted by atomic mass is 10.1. The minimum Gasteiger partial charge on any atom is -0.325 e. The number of benzene rings is 3. The summed E-state index contributed by atoms with van der Waals surface area (Å²) in [5, 5.41) is 3.21. The van der Waals surface area contributed by atoms with Crippen molar-refractivity contribution in [3.63, 3.8) is 0 Å². The van der Waals surface area contributed by atoms with Crippen LogP contribution in [0.4, 0.5) is 10.1 Å². The second-order valence-corrected chi connectivity index (χ2v) is 8.29. The molecular formula is C26H22FN3O3. The number of nitrogens with one attached hydrogen (secondary N) is 1. The molecule has 0 bridgehead atoms. The first kappa shape index (κ1) is 20.9. The number of halogens is 1. The molecular weight excluding hydrogens is 421 g/mol. The molecule has 0 aliphatic heterocycles. The van der Waals surface area contributed by atoms with Crippen LogP contribution in [0.5, 0.6) is 0 Å². The largest absolute Gasteiger partial charge is 0.332 e. The zero-order valence-corrected chi connectivity index (χ0v) is 17.9. The summed E-state index contributed by atoms with van der Waals surface area (Å²) >= 11 is 0. The number of aromatic nitrogens is 2. The summed E-state index contributed by atoms with van der Waals surface area (Å²) < 4.78 is 15.7. The van der Waals surface area contributed by atoms with E-state index in [1.54, 1.807) is 24.3 Å². The highest BCUT2D eigenvalue weighted by Crippen LogP contribution is 2.25. The minimum absolute atomic E-state index is 0.0186. The van der Waals surface area contributed by atoms with Crippen LogP contribution in [0.25, 0.3) is 10.9 Å². The summed E-state index contributed by atoms with van der Waals surface area (Å²) in [6.07, 6.45) is 3.17. The molecule has 0 atom stereocenters. The Morgan fingerprint density at radius 2 is 1.67 bits per heavy atom. The molecule has 166 valence electrons. The topological polar surface area (TPSA) is 73.1 Å². The molecule has 33 heavy (non-hydrogen) atoms. The van der Waals surface area contributed by atoms with Crippen molar-refractivity contribution < 1.29 is 9.18 Å². The first-order valence-corrected chi connectivity index (χ1v) is 10.9. The van der Waals surface area contributed by atoms with Crippen molar-refractivity contribution in [3.05, 3.63) is 110 Å². The number of carbonyl (C=O) groups excluding carboxylic acids is 1. The third kappa shape index (κ3) is 4.09. The Kier molecular flexibility index (Phi) is 5.38. The van der Waals surface area contributed by atoms with Gasteiger partial charge < -0.3 is 5.32 Å². The first-order chi connectivity index (χ1) is 16.0. The van der Waals surface area contributed by atoms with Gasteiger partial charge in [-0.15, -0.1) is 0 Å². The number of nitrogens with zero attached hydrogens (tertiary/aromatic N) is 2. The highest BCUT2D eigenvalue weighted by atomic mass is 19.1. The Hall–Kier alpha value is -4.00. The van der Waals surface area contributed by atoms with Gasteiger partial charge in [-0.05, 0) is 72.4 Å². The molecule has 0 saturated carbocycles. The van der Waals surface area contributed by atoms with E-state index in [0.717, 1.165) is 23.8 Å². The molecule has 0 saturated heterocycles. The molecule has 5 rings (SSSR count). The van der Waals surface area contributed by atoms with E-state index in [1.165, 1.54) is 40.0 Å². The molecule has 1 aliphatic rings. The Bertz CT molecular complexity index is 1490. The van der Waals surface area contributed by atoms with Crippen molar-refractivity contribution in [1.82, 2.24) is 9.13 Å². The highest BCUT2D eigenvalue weighted by Gasteiger charge is 2.17. The third-order valence-electron chi connectivity index (χ3n) is 6.07. The van der Waals surface area contributed by atoms with Gasteiger partial charge in [0.05, 0.1) is 17.4 Å². The SMILES string of the molecule is O=C(Cn1c(=O)n(Cc2ccc(F)cc2)c(=O)c2ccccc21)Nc1ccc2c(c1)CCC2. The molecule has 1 aromatic heterocycles. The lowest BCUT2D eigenvalue weighted by molar-refractivity contribution is -0.116. The van der Waals surface area contributed by atoms with Gasteiger partial charge in [0.2, 0.25) is 5.91 Å². The Morgan fingerprint density at radius 1 is 0.909 bits per heavy atom. The van der Waals surface area contributed by atoms with Crippen LogP contribution in [0.15, 0.2) is 76.3 Å². The molecule has 1 N–H and O–H groups in total. The van der Waals surface area contributed by atoms with Gasteiger partial charge in [-0.3, -0.25) is 18.7 Å². The number of para-hydroxylation sites is 1. The first-order valence-electron chi connectivity index (χ1n) is 10.9. The molecule has 0 unspecified atom stereocenters. The maximum Gasteiger partial charge on any atom is 0.332 e. The summed E-state index contributed by atoms with van der Waals surface area (Å²) in [6.45, 7) is -0.255. The van der Waals surface area contributed by atoms with Crippen molar-refractivity contribution in [1.29, 1.82) is 0 Å². The number of hydrogen-bond acceptors (Lipinski definition) is 3. The molecule has 0 fully saturated rings. The normalized spacial score (nSPS) is 12.6. The number of carbonyl (C=O) groups is 1. The van der Waals surface area contributed by atoms with E-state index in [-0.39, 0.29) is 19.0 Å². The lowest BCUT2D eigenvalue weighted by Crippen LogP contribution is -2.42. The Labute approximate surface area is 188 Å². The fourth-order valence-electron chi connectivity index (χ4n) is 4.43. The average Bonchev–Trinajstić information content (AvgIpc) is 3.29. The summed E-state index contributed by atoms with van der Waals surface area (Å²) in [5.41, 5.74) is 3.21. The maximum absolute atomic E-state index is 13.3. The van der Waals surface area contributed by atoms with Gasteiger partial charge in [-0.2, -0.15) is 0 Å². The van der Waals surface area contributed by atoms with E-state index >= 15 is 0 Å². The molecule has 6 nitrogen and oxygen atoms in total. The van der Waals surface area contributed by atoms with Crippen LogP contribution in [0, 0.1) is 5.82 Å². The summed E-state index contributed by atoms with van der Waals surface area (Å²) in [5.74, 6) is -0.752. The van der Waals surface area contributed by atoms with Crippen molar-refractivity contribution in [2.24, 2.45) is 0 Å². The molecule has 1 amide bonds. The second kappa shape index (κ2) is 8.50. The van der Waals surface area contributed by atoms with Crippen LogP contribution in [0.2, 0.25) is 0 Å². The molecule has 7 heteroatoms. The van der Waals surface area contributed by atoms with Gasteiger partial charge in [0.15, 0.2) is 0 Å². The maximum atomic E-state index is 13.3. The molecule has 4 aromatic rings. The zero-order chi connectivity index (χ0) is 22.9. The lowest BCUT2D eigenvalue weighted by Gasteiger charge is -2.14. The van der Waals surface area contributed by atoms with Crippen LogP contribution in [-0.2, 0) is 30.7 Å². The number of amides is 1. The van der Waals surface area contributed by atoms with Gasteiger partial charge in [0.1, 0.15) is 12.4 Å². The van der Waals surface area contributed by atoms with E-state index in [9.17, 15) is 18.8 Å². The van der Waals surface area contributed by atoms with Crippen molar-refractivity contribution in [2.75, 3.05) is 5.32 Å². The number of anilines is 1. The number of rotatable bonds is 5. The fraction of sp³-hybridized carbons (Fsp3) is 0.192. The van der Waals surface area contributed by atoms with Crippen LogP contribution in [0.1, 0.15) is 23.1 Å². The van der Waals surface area contributed by atoms with Crippen LogP contribution < -0.4 is 16.6 Å². The summed E-state index contributed by atoms with van der Waals surface area (Å²) in [4.78, 5) is 39.2. The molecule has 1 heterocycles. The summed E-state index contributed by atoms with van der Waals surface area (Å²) in [6, 6.07) is 18.2. The van der Waals surface area contributed by atoms with Gasteiger partial charge in [0, 0.05) is 5.69 Å². The van der Waals surface area contributed by atoms with Crippen LogP contribution in [0.3, 0.4) is 0 Å². The van der Waals surface area contributed by atoms with Gasteiger partial charge in [0.25, 0.3) is 5.56 Å². The van der Waals surface area contributed by atoms with E-state index < -0.39 is 17.1 Å². The quantitative estimate of drug-likeness (QED) is 0.513. The zero-order valence-electron chi connectivity index (χ0n) is 17.9. The van der Waals surface area contributed by atoms with E-state index in [2.05, 4.69) is 5.32 Å². The average molecular weight is 443 g/mol. The van der Waals surface area contributed by atoms with Crippen LogP contribution >= 0.6 is 0 Å². The molecule has 1 aliphatic carbocycles. The fourth-order valence-corrected chi connectivity index (χ4v) is 4.43. The van der Waals surface area contributed by atoms with Gasteiger partial charge >= 0.3 is 5.69 Å². The summed E-state index contributed by atoms with van der Waals surface area (Å²) in [7, 11) is 0. The van der Waals surface area contributed by atoms with Gasteiger partial charge in [-0.1, -0.05) is 30.3 Å².